The lowest BCUT2D eigenvalue weighted by Crippen LogP contribution is -2.12. The molecule has 1 atom stereocenters. The number of carboxylic acid groups (broad SMARTS) is 1. The van der Waals surface area contributed by atoms with Crippen molar-refractivity contribution in [1.29, 1.82) is 0 Å². The molecule has 24 heavy (non-hydrogen) atoms. The van der Waals surface area contributed by atoms with Crippen LogP contribution in [0.2, 0.25) is 10.0 Å². The van der Waals surface area contributed by atoms with Crippen molar-refractivity contribution in [3.63, 3.8) is 0 Å². The number of nitrogens with zero attached hydrogens (tertiary/aromatic N) is 1. The highest BCUT2D eigenvalue weighted by Gasteiger charge is 2.15. The third-order valence-electron chi connectivity index (χ3n) is 3.33. The first-order chi connectivity index (χ1) is 11.3. The predicted molar refractivity (Wildman–Crippen MR) is 93.3 cm³/mol. The largest absolute Gasteiger partial charge is 0.489 e. The average Bonchev–Trinajstić information content (AvgIpc) is 2.50. The summed E-state index contributed by atoms with van der Waals surface area (Å²) >= 11 is 12.4. The second-order valence-corrected chi connectivity index (χ2v) is 6.00. The standard InChI is InChI=1S/C16H19Cl2NO5/c1-3-12(19(22)23)9-11-7-8-13(16(18)15(11)17)24-10(2)5-4-6-14(20)21/h7-10H,3-6H2,1-2H3,(H,20,21)/b12-9+. The topological polar surface area (TPSA) is 89.7 Å². The van der Waals surface area contributed by atoms with Gasteiger partial charge in [-0.15, -0.1) is 0 Å². The van der Waals surface area contributed by atoms with E-state index in [0.29, 0.717) is 24.2 Å². The Morgan fingerprint density at radius 1 is 1.42 bits per heavy atom. The maximum absolute atomic E-state index is 10.9. The molecule has 0 bridgehead atoms. The zero-order chi connectivity index (χ0) is 18.3. The Hall–Kier alpha value is -1.79. The van der Waals surface area contributed by atoms with Crippen LogP contribution in [0.3, 0.4) is 0 Å². The predicted octanol–water partition coefficient (Wildman–Crippen LogP) is 5.04. The van der Waals surface area contributed by atoms with Gasteiger partial charge in [0.15, 0.2) is 0 Å². The number of rotatable bonds is 9. The summed E-state index contributed by atoms with van der Waals surface area (Å²) in [6.07, 6.45) is 2.54. The molecule has 8 heteroatoms. The van der Waals surface area contributed by atoms with Gasteiger partial charge in [-0.25, -0.2) is 0 Å². The molecule has 0 aromatic heterocycles. The molecule has 1 N–H and O–H groups in total. The minimum Gasteiger partial charge on any atom is -0.489 e. The molecule has 0 heterocycles. The number of hydrogen-bond acceptors (Lipinski definition) is 4. The quantitative estimate of drug-likeness (QED) is 0.482. The maximum atomic E-state index is 10.9. The van der Waals surface area contributed by atoms with Gasteiger partial charge in [-0.3, -0.25) is 14.9 Å². The number of carbonyl (C=O) groups is 1. The summed E-state index contributed by atoms with van der Waals surface area (Å²) in [6, 6.07) is 3.20. The van der Waals surface area contributed by atoms with Crippen molar-refractivity contribution >= 4 is 35.2 Å². The zero-order valence-electron chi connectivity index (χ0n) is 13.4. The van der Waals surface area contributed by atoms with Gasteiger partial charge in [-0.1, -0.05) is 30.1 Å². The Morgan fingerprint density at radius 2 is 2.08 bits per heavy atom. The molecule has 0 aliphatic rings. The van der Waals surface area contributed by atoms with Gasteiger partial charge in [0, 0.05) is 24.5 Å². The number of aliphatic carboxylic acids is 1. The fraction of sp³-hybridized carbons (Fsp3) is 0.438. The van der Waals surface area contributed by atoms with Crippen molar-refractivity contribution in [2.75, 3.05) is 0 Å². The summed E-state index contributed by atoms with van der Waals surface area (Å²) in [7, 11) is 0. The molecule has 132 valence electrons. The molecule has 0 spiro atoms. The minimum absolute atomic E-state index is 0.0312. The van der Waals surface area contributed by atoms with Crippen molar-refractivity contribution in [1.82, 2.24) is 0 Å². The molecule has 1 aromatic carbocycles. The van der Waals surface area contributed by atoms with E-state index in [4.69, 9.17) is 33.0 Å². The van der Waals surface area contributed by atoms with Gasteiger partial charge in [0.05, 0.1) is 16.0 Å². The molecule has 1 rings (SSSR count). The number of nitro groups is 1. The minimum atomic E-state index is -0.850. The fourth-order valence-corrected chi connectivity index (χ4v) is 2.46. The van der Waals surface area contributed by atoms with Crippen LogP contribution in [0, 0.1) is 10.1 Å². The SMILES string of the molecule is CC/C(=C\c1ccc(OC(C)CCCC(=O)O)c(Cl)c1Cl)[N+](=O)[O-]. The molecule has 0 amide bonds. The third kappa shape index (κ3) is 6.02. The Labute approximate surface area is 150 Å². The molecule has 1 aromatic rings. The first-order valence-electron chi connectivity index (χ1n) is 7.47. The molecule has 0 radical (unpaired) electrons. The van der Waals surface area contributed by atoms with Crippen LogP contribution in [0.5, 0.6) is 5.75 Å². The second kappa shape index (κ2) is 9.49. The van der Waals surface area contributed by atoms with E-state index in [1.54, 1.807) is 19.1 Å². The zero-order valence-corrected chi connectivity index (χ0v) is 14.9. The van der Waals surface area contributed by atoms with E-state index in [0.717, 1.165) is 0 Å². The van der Waals surface area contributed by atoms with Crippen LogP contribution in [0.25, 0.3) is 6.08 Å². The van der Waals surface area contributed by atoms with E-state index in [1.165, 1.54) is 6.08 Å². The van der Waals surface area contributed by atoms with Crippen LogP contribution in [0.1, 0.15) is 45.1 Å². The van der Waals surface area contributed by atoms with Gasteiger partial charge >= 0.3 is 5.97 Å². The molecule has 0 fully saturated rings. The number of hydrogen-bond donors (Lipinski definition) is 1. The molecule has 0 saturated heterocycles. The van der Waals surface area contributed by atoms with Crippen LogP contribution in [0.15, 0.2) is 17.8 Å². The van der Waals surface area contributed by atoms with Gasteiger partial charge in [-0.2, -0.15) is 0 Å². The van der Waals surface area contributed by atoms with Crippen LogP contribution in [0.4, 0.5) is 0 Å². The lowest BCUT2D eigenvalue weighted by atomic mass is 10.1. The van der Waals surface area contributed by atoms with E-state index >= 15 is 0 Å². The van der Waals surface area contributed by atoms with Crippen molar-refractivity contribution in [3.05, 3.63) is 43.6 Å². The summed E-state index contributed by atoms with van der Waals surface area (Å²) in [4.78, 5) is 20.9. The van der Waals surface area contributed by atoms with Crippen LogP contribution >= 0.6 is 23.2 Å². The van der Waals surface area contributed by atoms with Crippen molar-refractivity contribution in [2.45, 2.75) is 45.6 Å². The Kier molecular flexibility index (Phi) is 8.01. The number of carboxylic acids is 1. The number of benzene rings is 1. The molecule has 0 aliphatic heterocycles. The van der Waals surface area contributed by atoms with Crippen LogP contribution in [-0.2, 0) is 4.79 Å². The first kappa shape index (κ1) is 20.3. The second-order valence-electron chi connectivity index (χ2n) is 5.24. The summed E-state index contributed by atoms with van der Waals surface area (Å²) in [5, 5.41) is 19.9. The van der Waals surface area contributed by atoms with Crippen LogP contribution in [-0.4, -0.2) is 22.1 Å². The molecule has 0 aliphatic carbocycles. The average molecular weight is 376 g/mol. The maximum Gasteiger partial charge on any atom is 0.303 e. The third-order valence-corrected chi connectivity index (χ3v) is 4.20. The highest BCUT2D eigenvalue weighted by Crippen LogP contribution is 2.36. The molecular weight excluding hydrogens is 357 g/mol. The van der Waals surface area contributed by atoms with E-state index in [2.05, 4.69) is 0 Å². The Morgan fingerprint density at radius 3 is 2.62 bits per heavy atom. The fourth-order valence-electron chi connectivity index (χ4n) is 2.03. The molecule has 6 nitrogen and oxygen atoms in total. The van der Waals surface area contributed by atoms with E-state index in [-0.39, 0.29) is 34.7 Å². The summed E-state index contributed by atoms with van der Waals surface area (Å²) < 4.78 is 5.68. The highest BCUT2D eigenvalue weighted by atomic mass is 35.5. The van der Waals surface area contributed by atoms with E-state index in [1.807, 2.05) is 6.92 Å². The van der Waals surface area contributed by atoms with Crippen LogP contribution < -0.4 is 4.74 Å². The van der Waals surface area contributed by atoms with Gasteiger partial charge in [0.1, 0.15) is 10.8 Å². The lowest BCUT2D eigenvalue weighted by Gasteiger charge is -2.16. The summed E-state index contributed by atoms with van der Waals surface area (Å²) in [5.74, 6) is -0.488. The molecule has 0 saturated carbocycles. The summed E-state index contributed by atoms with van der Waals surface area (Å²) in [5.41, 5.74) is 0.477. The monoisotopic (exact) mass is 375 g/mol. The first-order valence-corrected chi connectivity index (χ1v) is 8.23. The smallest absolute Gasteiger partial charge is 0.303 e. The Bertz CT molecular complexity index is 646. The van der Waals surface area contributed by atoms with Gasteiger partial charge in [-0.05, 0) is 31.9 Å². The highest BCUT2D eigenvalue weighted by molar-refractivity contribution is 6.43. The van der Waals surface area contributed by atoms with E-state index < -0.39 is 10.9 Å². The van der Waals surface area contributed by atoms with Crippen molar-refractivity contribution in [3.8, 4) is 5.75 Å². The van der Waals surface area contributed by atoms with Crippen molar-refractivity contribution < 1.29 is 19.6 Å². The molecular formula is C16H19Cl2NO5. The van der Waals surface area contributed by atoms with Gasteiger partial charge < -0.3 is 9.84 Å². The number of ether oxygens (including phenoxy) is 1. The van der Waals surface area contributed by atoms with E-state index in [9.17, 15) is 14.9 Å². The van der Waals surface area contributed by atoms with Crippen molar-refractivity contribution in [2.24, 2.45) is 0 Å². The normalized spacial score (nSPS) is 12.8. The lowest BCUT2D eigenvalue weighted by molar-refractivity contribution is -0.425. The Balaban J connectivity index is 2.88. The molecule has 1 unspecified atom stereocenters. The summed E-state index contributed by atoms with van der Waals surface area (Å²) in [6.45, 7) is 3.49. The number of allylic oxidation sites excluding steroid dienone is 1. The number of halogens is 2. The van der Waals surface area contributed by atoms with Gasteiger partial charge in [0.25, 0.3) is 0 Å². The van der Waals surface area contributed by atoms with Gasteiger partial charge in [0.2, 0.25) is 5.70 Å².